The van der Waals surface area contributed by atoms with Gasteiger partial charge in [-0.3, -0.25) is 14.7 Å². The Balaban J connectivity index is 2.73. The number of hydrogen-bond donors (Lipinski definition) is 0. The Morgan fingerprint density at radius 1 is 1.00 bits per heavy atom. The summed E-state index contributed by atoms with van der Waals surface area (Å²) in [4.78, 5) is 10.1. The lowest BCUT2D eigenvalue weighted by Crippen LogP contribution is -2.07. The first-order valence-electron chi connectivity index (χ1n) is 6.60. The molecule has 1 rings (SSSR count). The second-order valence-electron chi connectivity index (χ2n) is 4.34. The Morgan fingerprint density at radius 2 is 1.50 bits per heavy atom. The summed E-state index contributed by atoms with van der Waals surface area (Å²) in [5.41, 5.74) is 0.600. The Morgan fingerprint density at radius 3 is 1.91 bits per heavy atom. The van der Waals surface area contributed by atoms with Crippen molar-refractivity contribution in [3.05, 3.63) is 39.9 Å². The molecular formula is C13H20NO7P. The summed E-state index contributed by atoms with van der Waals surface area (Å²) in [5, 5.41) is 10.6. The van der Waals surface area contributed by atoms with Crippen molar-refractivity contribution >= 4 is 13.3 Å². The van der Waals surface area contributed by atoms with Crippen molar-refractivity contribution in [2.24, 2.45) is 0 Å². The molecule has 0 aliphatic heterocycles. The van der Waals surface area contributed by atoms with Crippen LogP contribution in [0.3, 0.4) is 0 Å². The lowest BCUT2D eigenvalue weighted by atomic mass is 10.2. The first kappa shape index (κ1) is 18.7. The monoisotopic (exact) mass is 333 g/mol. The zero-order valence-electron chi connectivity index (χ0n) is 12.6. The summed E-state index contributed by atoms with van der Waals surface area (Å²) < 4.78 is 33.0. The minimum atomic E-state index is -3.37. The molecule has 0 amide bonds. The van der Waals surface area contributed by atoms with Crippen LogP contribution in [0.5, 0.6) is 0 Å². The van der Waals surface area contributed by atoms with Crippen LogP contribution >= 0.6 is 7.60 Å². The van der Waals surface area contributed by atoms with Gasteiger partial charge < -0.3 is 18.5 Å². The molecule has 1 aromatic carbocycles. The number of methoxy groups -OCH3 is 2. The van der Waals surface area contributed by atoms with E-state index < -0.39 is 12.5 Å². The van der Waals surface area contributed by atoms with Crippen LogP contribution in [-0.2, 0) is 29.2 Å². The van der Waals surface area contributed by atoms with E-state index in [1.54, 1.807) is 0 Å². The van der Waals surface area contributed by atoms with Gasteiger partial charge in [-0.05, 0) is 5.56 Å². The van der Waals surface area contributed by atoms with Gasteiger partial charge in [-0.2, -0.15) is 0 Å². The van der Waals surface area contributed by atoms with Crippen LogP contribution in [0.4, 0.5) is 5.69 Å². The topological polar surface area (TPSA) is 97.1 Å². The molecule has 0 atom stereocenters. The van der Waals surface area contributed by atoms with Crippen LogP contribution in [0, 0.1) is 10.1 Å². The van der Waals surface area contributed by atoms with E-state index in [1.165, 1.54) is 38.5 Å². The Bertz CT molecular complexity index is 492. The molecule has 124 valence electrons. The van der Waals surface area contributed by atoms with Gasteiger partial charge in [0.05, 0.1) is 37.5 Å². The molecule has 0 unspecified atom stereocenters. The van der Waals surface area contributed by atoms with Crippen LogP contribution in [0.1, 0.15) is 5.56 Å². The molecule has 0 saturated heterocycles. The van der Waals surface area contributed by atoms with Gasteiger partial charge in [-0.15, -0.1) is 0 Å². The average Bonchev–Trinajstić information content (AvgIpc) is 2.48. The fraction of sp³-hybridized carbons (Fsp3) is 0.538. The van der Waals surface area contributed by atoms with Crippen molar-refractivity contribution in [3.8, 4) is 0 Å². The van der Waals surface area contributed by atoms with E-state index in [1.807, 2.05) is 0 Å². The highest BCUT2D eigenvalue weighted by Crippen LogP contribution is 2.51. The van der Waals surface area contributed by atoms with E-state index in [9.17, 15) is 14.7 Å². The second-order valence-corrected chi connectivity index (χ2v) is 6.40. The number of nitro benzene ring substituents is 1. The molecule has 0 bridgehead atoms. The number of hydrogen-bond acceptors (Lipinski definition) is 7. The maximum absolute atomic E-state index is 12.7. The third kappa shape index (κ3) is 6.64. The van der Waals surface area contributed by atoms with Crippen molar-refractivity contribution in [3.63, 3.8) is 0 Å². The van der Waals surface area contributed by atoms with Gasteiger partial charge in [0, 0.05) is 26.4 Å². The largest absolute Gasteiger partial charge is 0.382 e. The van der Waals surface area contributed by atoms with Gasteiger partial charge >= 0.3 is 7.60 Å². The zero-order valence-corrected chi connectivity index (χ0v) is 13.5. The summed E-state index contributed by atoms with van der Waals surface area (Å²) in [7, 11) is -0.349. The predicted octanol–water partition coefficient (Wildman–Crippen LogP) is 2.61. The van der Waals surface area contributed by atoms with Crippen molar-refractivity contribution < 1.29 is 28.0 Å². The molecule has 0 aliphatic rings. The van der Waals surface area contributed by atoms with E-state index >= 15 is 0 Å². The van der Waals surface area contributed by atoms with Gasteiger partial charge in [0.2, 0.25) is 0 Å². The number of ether oxygens (including phenoxy) is 2. The molecule has 0 fully saturated rings. The summed E-state index contributed by atoms with van der Waals surface area (Å²) in [6, 6.07) is 5.77. The fourth-order valence-corrected chi connectivity index (χ4v) is 3.22. The van der Waals surface area contributed by atoms with E-state index in [0.717, 1.165) is 0 Å². The number of rotatable bonds is 11. The molecule has 0 spiro atoms. The van der Waals surface area contributed by atoms with Gasteiger partial charge in [0.1, 0.15) is 0 Å². The predicted molar refractivity (Wildman–Crippen MR) is 80.1 cm³/mol. The van der Waals surface area contributed by atoms with Crippen LogP contribution in [0.2, 0.25) is 0 Å². The quantitative estimate of drug-likeness (QED) is 0.266. The van der Waals surface area contributed by atoms with Gasteiger partial charge in [-0.25, -0.2) is 0 Å². The van der Waals surface area contributed by atoms with E-state index in [0.29, 0.717) is 5.56 Å². The molecule has 0 N–H and O–H groups in total. The van der Waals surface area contributed by atoms with Crippen LogP contribution in [0.25, 0.3) is 0 Å². The lowest BCUT2D eigenvalue weighted by molar-refractivity contribution is -0.384. The smallest absolute Gasteiger partial charge is 0.335 e. The minimum Gasteiger partial charge on any atom is -0.382 e. The molecule has 8 nitrogen and oxygen atoms in total. The van der Waals surface area contributed by atoms with Crippen LogP contribution in [0.15, 0.2) is 24.3 Å². The SMILES string of the molecule is COCCOP(=O)(Cc1ccc([N+](=O)[O-])cc1)OCCOC. The van der Waals surface area contributed by atoms with E-state index in [-0.39, 0.29) is 38.3 Å². The number of nitro groups is 1. The summed E-state index contributed by atoms with van der Waals surface area (Å²) in [5.74, 6) is 0. The molecule has 0 aromatic heterocycles. The van der Waals surface area contributed by atoms with E-state index in [2.05, 4.69) is 0 Å². The van der Waals surface area contributed by atoms with Gasteiger partial charge in [0.25, 0.3) is 5.69 Å². The summed E-state index contributed by atoms with van der Waals surface area (Å²) in [6.07, 6.45) is 0.0262. The van der Waals surface area contributed by atoms with Crippen molar-refractivity contribution in [1.29, 1.82) is 0 Å². The Hall–Kier alpha value is -1.31. The first-order chi connectivity index (χ1) is 10.5. The molecule has 9 heteroatoms. The fourth-order valence-electron chi connectivity index (χ4n) is 1.59. The molecule has 1 aromatic rings. The maximum Gasteiger partial charge on any atom is 0.335 e. The maximum atomic E-state index is 12.7. The summed E-state index contributed by atoms with van der Waals surface area (Å²) in [6.45, 7) is 0.845. The molecule has 0 saturated carbocycles. The first-order valence-corrected chi connectivity index (χ1v) is 8.33. The molecule has 0 heterocycles. The van der Waals surface area contributed by atoms with Crippen molar-refractivity contribution in [2.45, 2.75) is 6.16 Å². The highest BCUT2D eigenvalue weighted by atomic mass is 31.2. The molecule has 22 heavy (non-hydrogen) atoms. The van der Waals surface area contributed by atoms with Crippen LogP contribution < -0.4 is 0 Å². The highest BCUT2D eigenvalue weighted by molar-refractivity contribution is 7.53. The zero-order chi connectivity index (χ0) is 16.4. The Labute approximate surface area is 129 Å². The minimum absolute atomic E-state index is 0.0262. The molecular weight excluding hydrogens is 313 g/mol. The lowest BCUT2D eigenvalue weighted by Gasteiger charge is -2.18. The number of benzene rings is 1. The van der Waals surface area contributed by atoms with Gasteiger partial charge in [-0.1, -0.05) is 12.1 Å². The highest BCUT2D eigenvalue weighted by Gasteiger charge is 2.25. The van der Waals surface area contributed by atoms with Crippen LogP contribution in [-0.4, -0.2) is 45.6 Å². The molecule has 0 aliphatic carbocycles. The standard InChI is InChI=1S/C13H20NO7P/c1-18-7-9-20-22(17,21-10-8-19-2)11-12-3-5-13(6-4-12)14(15)16/h3-6H,7-11H2,1-2H3. The van der Waals surface area contributed by atoms with E-state index in [4.69, 9.17) is 18.5 Å². The molecule has 0 radical (unpaired) electrons. The average molecular weight is 333 g/mol. The summed E-state index contributed by atoms with van der Waals surface area (Å²) >= 11 is 0. The third-order valence-corrected chi connectivity index (χ3v) is 4.58. The number of non-ortho nitro benzene ring substituents is 1. The number of nitrogens with zero attached hydrogens (tertiary/aromatic N) is 1. The second kappa shape index (κ2) is 9.66. The normalized spacial score (nSPS) is 11.5. The third-order valence-electron chi connectivity index (χ3n) is 2.67. The van der Waals surface area contributed by atoms with Crippen molar-refractivity contribution in [2.75, 3.05) is 40.6 Å². The van der Waals surface area contributed by atoms with Gasteiger partial charge in [0.15, 0.2) is 0 Å². The Kier molecular flexibility index (Phi) is 8.22. The van der Waals surface area contributed by atoms with Crippen molar-refractivity contribution in [1.82, 2.24) is 0 Å².